The van der Waals surface area contributed by atoms with Crippen LogP contribution in [0.3, 0.4) is 0 Å². The van der Waals surface area contributed by atoms with Gasteiger partial charge in [0.2, 0.25) is 0 Å². The minimum absolute atomic E-state index is 0.292. The summed E-state index contributed by atoms with van der Waals surface area (Å²) in [6.07, 6.45) is 19.1. The summed E-state index contributed by atoms with van der Waals surface area (Å²) in [7, 11) is 0. The van der Waals surface area contributed by atoms with Crippen LogP contribution in [0.25, 0.3) is 0 Å². The van der Waals surface area contributed by atoms with Gasteiger partial charge in [0.1, 0.15) is 0 Å². The molecule has 4 heteroatoms. The summed E-state index contributed by atoms with van der Waals surface area (Å²) in [5, 5.41) is 16.9. The van der Waals surface area contributed by atoms with Gasteiger partial charge in [0.25, 0.3) is 0 Å². The van der Waals surface area contributed by atoms with Crippen molar-refractivity contribution >= 4 is 11.9 Å². The molecule has 0 aliphatic rings. The number of hydrogen-bond donors (Lipinski definition) is 2. The Labute approximate surface area is 126 Å². The lowest BCUT2D eigenvalue weighted by Gasteiger charge is -1.99. The molecular formula is C17H26O4. The van der Waals surface area contributed by atoms with E-state index < -0.39 is 11.9 Å². The highest BCUT2D eigenvalue weighted by Crippen LogP contribution is 2.09. The molecule has 2 N–H and O–H groups in total. The smallest absolute Gasteiger partial charge is 0.328 e. The van der Waals surface area contributed by atoms with Crippen molar-refractivity contribution in [3.05, 3.63) is 36.5 Å². The zero-order valence-electron chi connectivity index (χ0n) is 12.5. The van der Waals surface area contributed by atoms with Crippen molar-refractivity contribution in [3.8, 4) is 0 Å². The minimum atomic E-state index is -0.938. The van der Waals surface area contributed by atoms with Crippen LogP contribution < -0.4 is 0 Å². The van der Waals surface area contributed by atoms with E-state index in [1.54, 1.807) is 6.08 Å². The molecule has 0 saturated carbocycles. The molecule has 0 heterocycles. The molecule has 0 aliphatic carbocycles. The Morgan fingerprint density at radius 1 is 0.714 bits per heavy atom. The first-order valence-electron chi connectivity index (χ1n) is 7.57. The number of aliphatic carboxylic acids is 2. The molecule has 0 radical (unpaired) electrons. The maximum Gasteiger partial charge on any atom is 0.328 e. The molecule has 118 valence electrons. The van der Waals surface area contributed by atoms with Gasteiger partial charge in [-0.1, -0.05) is 62.5 Å². The summed E-state index contributed by atoms with van der Waals surface area (Å²) in [6.45, 7) is 0. The van der Waals surface area contributed by atoms with E-state index in [-0.39, 0.29) is 0 Å². The van der Waals surface area contributed by atoms with E-state index in [1.165, 1.54) is 25.3 Å². The number of carboxylic acids is 2. The second kappa shape index (κ2) is 14.6. The number of unbranched alkanes of at least 4 members (excludes halogenated alkanes) is 7. The summed E-state index contributed by atoms with van der Waals surface area (Å²) < 4.78 is 0. The normalized spacial score (nSPS) is 11.8. The summed E-state index contributed by atoms with van der Waals surface area (Å²) >= 11 is 0. The van der Waals surface area contributed by atoms with Gasteiger partial charge in [-0.15, -0.1) is 0 Å². The topological polar surface area (TPSA) is 74.6 Å². The van der Waals surface area contributed by atoms with E-state index in [0.29, 0.717) is 6.42 Å². The van der Waals surface area contributed by atoms with Crippen LogP contribution in [0.1, 0.15) is 57.8 Å². The van der Waals surface area contributed by atoms with Crippen LogP contribution in [0, 0.1) is 0 Å². The fraction of sp³-hybridized carbons (Fsp3) is 0.529. The average molecular weight is 294 g/mol. The maximum absolute atomic E-state index is 10.3. The molecule has 0 aromatic heterocycles. The lowest BCUT2D eigenvalue weighted by atomic mass is 10.1. The van der Waals surface area contributed by atoms with Gasteiger partial charge in [0.05, 0.1) is 0 Å². The first kappa shape index (κ1) is 19.2. The number of hydrogen-bond acceptors (Lipinski definition) is 2. The van der Waals surface area contributed by atoms with Crippen LogP contribution in [0.4, 0.5) is 0 Å². The van der Waals surface area contributed by atoms with Crippen molar-refractivity contribution in [1.82, 2.24) is 0 Å². The van der Waals surface area contributed by atoms with Crippen molar-refractivity contribution in [2.24, 2.45) is 0 Å². The van der Waals surface area contributed by atoms with E-state index >= 15 is 0 Å². The maximum atomic E-state index is 10.3. The Hall–Kier alpha value is -1.84. The molecule has 0 unspecified atom stereocenters. The first-order valence-corrected chi connectivity index (χ1v) is 7.57. The molecule has 0 bridgehead atoms. The fourth-order valence-electron chi connectivity index (χ4n) is 1.86. The van der Waals surface area contributed by atoms with Crippen molar-refractivity contribution in [2.45, 2.75) is 57.8 Å². The zero-order chi connectivity index (χ0) is 15.8. The Kier molecular flexibility index (Phi) is 13.3. The molecule has 0 spiro atoms. The monoisotopic (exact) mass is 294 g/mol. The molecule has 4 nitrogen and oxygen atoms in total. The standard InChI is InChI=1S/C17H26O4/c18-16(19)14-12-10-8-6-4-2-1-3-5-7-9-11-13-15-17(20)21/h4,6,8,10,12,14H,1-3,5,7,9,11,13,15H2,(H,18,19)(H,20,21). The minimum Gasteiger partial charge on any atom is -0.481 e. The molecule has 0 atom stereocenters. The van der Waals surface area contributed by atoms with Crippen LogP contribution in [-0.4, -0.2) is 22.2 Å². The van der Waals surface area contributed by atoms with Gasteiger partial charge in [0, 0.05) is 12.5 Å². The molecule has 0 saturated heterocycles. The van der Waals surface area contributed by atoms with Gasteiger partial charge >= 0.3 is 11.9 Å². The van der Waals surface area contributed by atoms with Crippen LogP contribution in [0.5, 0.6) is 0 Å². The van der Waals surface area contributed by atoms with Crippen molar-refractivity contribution in [3.63, 3.8) is 0 Å². The Morgan fingerprint density at radius 2 is 1.29 bits per heavy atom. The number of carboxylic acid groups (broad SMARTS) is 2. The number of carbonyl (C=O) groups is 2. The van der Waals surface area contributed by atoms with Crippen LogP contribution in [0.2, 0.25) is 0 Å². The third-order valence-corrected chi connectivity index (χ3v) is 2.97. The van der Waals surface area contributed by atoms with Crippen LogP contribution in [-0.2, 0) is 9.59 Å². The SMILES string of the molecule is O=C(O)C=CC=CC=CCCCCCCCCCC(=O)O. The predicted octanol–water partition coefficient (Wildman–Crippen LogP) is 4.34. The molecule has 0 amide bonds. The van der Waals surface area contributed by atoms with E-state index in [1.807, 2.05) is 12.2 Å². The summed E-state index contributed by atoms with van der Waals surface area (Å²) in [5.74, 6) is -1.64. The van der Waals surface area contributed by atoms with E-state index in [4.69, 9.17) is 10.2 Å². The highest BCUT2D eigenvalue weighted by Gasteiger charge is 1.96. The molecule has 0 rings (SSSR count). The highest BCUT2D eigenvalue weighted by atomic mass is 16.4. The van der Waals surface area contributed by atoms with Gasteiger partial charge < -0.3 is 10.2 Å². The Bertz CT molecular complexity index is 367. The Balaban J connectivity index is 3.28. The second-order valence-electron chi connectivity index (χ2n) is 4.92. The lowest BCUT2D eigenvalue weighted by Crippen LogP contribution is -1.93. The van der Waals surface area contributed by atoms with Crippen molar-refractivity contribution in [1.29, 1.82) is 0 Å². The highest BCUT2D eigenvalue weighted by molar-refractivity contribution is 5.80. The van der Waals surface area contributed by atoms with Crippen LogP contribution >= 0.6 is 0 Å². The summed E-state index contributed by atoms with van der Waals surface area (Å²) in [4.78, 5) is 20.5. The van der Waals surface area contributed by atoms with E-state index in [9.17, 15) is 9.59 Å². The predicted molar refractivity (Wildman–Crippen MR) is 84.2 cm³/mol. The first-order chi connectivity index (χ1) is 10.1. The third kappa shape index (κ3) is 18.2. The fourth-order valence-corrected chi connectivity index (χ4v) is 1.86. The zero-order valence-corrected chi connectivity index (χ0v) is 12.5. The molecule has 0 aromatic rings. The van der Waals surface area contributed by atoms with E-state index in [2.05, 4.69) is 6.08 Å². The van der Waals surface area contributed by atoms with Gasteiger partial charge in [-0.2, -0.15) is 0 Å². The van der Waals surface area contributed by atoms with Gasteiger partial charge in [-0.3, -0.25) is 4.79 Å². The number of rotatable bonds is 13. The molecule has 0 aliphatic heterocycles. The van der Waals surface area contributed by atoms with Crippen molar-refractivity contribution < 1.29 is 19.8 Å². The van der Waals surface area contributed by atoms with Gasteiger partial charge in [-0.05, 0) is 19.3 Å². The molecular weight excluding hydrogens is 268 g/mol. The van der Waals surface area contributed by atoms with Gasteiger partial charge in [0.15, 0.2) is 0 Å². The second-order valence-corrected chi connectivity index (χ2v) is 4.92. The largest absolute Gasteiger partial charge is 0.481 e. The lowest BCUT2D eigenvalue weighted by molar-refractivity contribution is -0.137. The average Bonchev–Trinajstić information content (AvgIpc) is 2.42. The Morgan fingerprint density at radius 3 is 1.90 bits per heavy atom. The van der Waals surface area contributed by atoms with E-state index in [0.717, 1.165) is 38.2 Å². The molecule has 0 aromatic carbocycles. The van der Waals surface area contributed by atoms with Crippen molar-refractivity contribution in [2.75, 3.05) is 0 Å². The third-order valence-electron chi connectivity index (χ3n) is 2.97. The van der Waals surface area contributed by atoms with Crippen LogP contribution in [0.15, 0.2) is 36.5 Å². The molecule has 0 fully saturated rings. The summed E-state index contributed by atoms with van der Waals surface area (Å²) in [6, 6.07) is 0. The molecule has 21 heavy (non-hydrogen) atoms. The summed E-state index contributed by atoms with van der Waals surface area (Å²) in [5.41, 5.74) is 0. The van der Waals surface area contributed by atoms with Gasteiger partial charge in [-0.25, -0.2) is 4.79 Å². The quantitative estimate of drug-likeness (QED) is 0.301. The number of allylic oxidation sites excluding steroid dienone is 5.